The molecule has 2 aromatic carbocycles. The van der Waals surface area contributed by atoms with Gasteiger partial charge in [-0.1, -0.05) is 24.3 Å². The fourth-order valence-electron chi connectivity index (χ4n) is 2.68. The molecule has 1 fully saturated rings. The van der Waals surface area contributed by atoms with Crippen LogP contribution in [0.1, 0.15) is 27.0 Å². The van der Waals surface area contributed by atoms with Crippen LogP contribution < -0.4 is 10.4 Å². The molecule has 0 aliphatic carbocycles. The number of amides is 2. The summed E-state index contributed by atoms with van der Waals surface area (Å²) in [6, 6.07) is 12.1. The Labute approximate surface area is 151 Å². The number of rotatable bonds is 3. The lowest BCUT2D eigenvalue weighted by atomic mass is 10.0. The van der Waals surface area contributed by atoms with Crippen molar-refractivity contribution < 1.29 is 19.1 Å². The minimum atomic E-state index is -0.533. The van der Waals surface area contributed by atoms with E-state index in [0.717, 1.165) is 11.1 Å². The average Bonchev–Trinajstić information content (AvgIpc) is 2.92. The number of carbonyl (C=O) groups excluding carboxylic acids is 3. The molecule has 1 N–H and O–H groups in total. The Morgan fingerprint density at radius 3 is 2.50 bits per heavy atom. The van der Waals surface area contributed by atoms with Crippen molar-refractivity contribution in [3.63, 3.8) is 0 Å². The highest BCUT2D eigenvalue weighted by molar-refractivity contribution is 6.31. The molecule has 2 amide bonds. The van der Waals surface area contributed by atoms with Gasteiger partial charge in [0.1, 0.15) is 5.57 Å². The maximum atomic E-state index is 12.7. The Bertz CT molecular complexity index is 947. The zero-order valence-electron chi connectivity index (χ0n) is 14.7. The number of nitrogens with one attached hydrogen (secondary N) is 1. The molecule has 0 spiro atoms. The molecule has 0 aromatic heterocycles. The smallest absolute Gasteiger partial charge is 0.338 e. The molecule has 1 aliphatic heterocycles. The van der Waals surface area contributed by atoms with E-state index >= 15 is 0 Å². The fraction of sp³-hybridized carbons (Fsp3) is 0.150. The molecule has 0 unspecified atom stereocenters. The van der Waals surface area contributed by atoms with Gasteiger partial charge in [0.25, 0.3) is 11.8 Å². The summed E-state index contributed by atoms with van der Waals surface area (Å²) in [6.07, 6.45) is 1.41. The molecule has 0 saturated carbocycles. The predicted molar refractivity (Wildman–Crippen MR) is 97.3 cm³/mol. The molecule has 6 heteroatoms. The van der Waals surface area contributed by atoms with E-state index in [0.29, 0.717) is 11.3 Å². The number of benzene rings is 2. The van der Waals surface area contributed by atoms with Crippen molar-refractivity contribution in [3.8, 4) is 0 Å². The number of nitrogens with zero attached hydrogens (tertiary/aromatic N) is 1. The number of carbonyl (C=O) groups is 3. The number of hydrogen-bond acceptors (Lipinski definition) is 4. The van der Waals surface area contributed by atoms with E-state index in [1.54, 1.807) is 30.3 Å². The summed E-state index contributed by atoms with van der Waals surface area (Å²) >= 11 is 0. The van der Waals surface area contributed by atoms with Crippen molar-refractivity contribution in [3.05, 3.63) is 70.3 Å². The van der Waals surface area contributed by atoms with Crippen LogP contribution >= 0.6 is 0 Å². The van der Waals surface area contributed by atoms with Crippen LogP contribution in [0.2, 0.25) is 0 Å². The zero-order valence-corrected chi connectivity index (χ0v) is 14.7. The van der Waals surface area contributed by atoms with Crippen molar-refractivity contribution in [2.75, 3.05) is 12.1 Å². The van der Waals surface area contributed by atoms with Gasteiger partial charge in [0, 0.05) is 0 Å². The minimum Gasteiger partial charge on any atom is -0.465 e. The third-order valence-electron chi connectivity index (χ3n) is 4.31. The van der Waals surface area contributed by atoms with Crippen LogP contribution in [-0.2, 0) is 14.3 Å². The SMILES string of the molecule is COC(=O)c1ccccc1/C=C1/C(=O)NN(c2ccc(C)c(C)c2)C1=O. The molecule has 0 radical (unpaired) electrons. The number of aryl methyl sites for hydroxylation is 2. The van der Waals surface area contributed by atoms with Crippen LogP contribution in [0.5, 0.6) is 0 Å². The third-order valence-corrected chi connectivity index (χ3v) is 4.31. The molecule has 1 saturated heterocycles. The highest BCUT2D eigenvalue weighted by Gasteiger charge is 2.34. The highest BCUT2D eigenvalue weighted by Crippen LogP contribution is 2.24. The summed E-state index contributed by atoms with van der Waals surface area (Å²) in [7, 11) is 1.28. The first-order chi connectivity index (χ1) is 12.4. The van der Waals surface area contributed by atoms with Gasteiger partial charge in [0.2, 0.25) is 0 Å². The van der Waals surface area contributed by atoms with Gasteiger partial charge in [0.05, 0.1) is 18.4 Å². The summed E-state index contributed by atoms with van der Waals surface area (Å²) < 4.78 is 4.75. The topological polar surface area (TPSA) is 75.7 Å². The summed E-state index contributed by atoms with van der Waals surface area (Å²) in [5, 5.41) is 1.21. The maximum absolute atomic E-state index is 12.7. The molecule has 3 rings (SSSR count). The van der Waals surface area contributed by atoms with Gasteiger partial charge in [-0.05, 0) is 54.8 Å². The Morgan fingerprint density at radius 2 is 1.81 bits per heavy atom. The quantitative estimate of drug-likeness (QED) is 0.524. The van der Waals surface area contributed by atoms with Crippen LogP contribution in [0.4, 0.5) is 5.69 Å². The lowest BCUT2D eigenvalue weighted by Gasteiger charge is -2.16. The molecule has 26 heavy (non-hydrogen) atoms. The van der Waals surface area contributed by atoms with Crippen LogP contribution in [-0.4, -0.2) is 24.9 Å². The van der Waals surface area contributed by atoms with Crippen LogP contribution in [0.3, 0.4) is 0 Å². The first kappa shape index (κ1) is 17.4. The van der Waals surface area contributed by atoms with Gasteiger partial charge in [-0.25, -0.2) is 9.80 Å². The first-order valence-electron chi connectivity index (χ1n) is 8.04. The van der Waals surface area contributed by atoms with Crippen molar-refractivity contribution in [1.29, 1.82) is 0 Å². The monoisotopic (exact) mass is 350 g/mol. The Morgan fingerprint density at radius 1 is 1.08 bits per heavy atom. The molecule has 1 heterocycles. The van der Waals surface area contributed by atoms with Crippen molar-refractivity contribution in [2.45, 2.75) is 13.8 Å². The largest absolute Gasteiger partial charge is 0.465 e. The summed E-state index contributed by atoms with van der Waals surface area (Å²) in [4.78, 5) is 36.9. The molecule has 1 aliphatic rings. The van der Waals surface area contributed by atoms with Gasteiger partial charge in [-0.2, -0.15) is 0 Å². The standard InChI is InChI=1S/C20H18N2O4/c1-12-8-9-15(10-13(12)2)22-19(24)17(18(23)21-22)11-14-6-4-5-7-16(14)20(25)26-3/h4-11H,1-3H3,(H,21,23)/b17-11-. The first-order valence-corrected chi connectivity index (χ1v) is 8.04. The van der Waals surface area contributed by atoms with Gasteiger partial charge >= 0.3 is 5.97 Å². The second-order valence-corrected chi connectivity index (χ2v) is 5.99. The van der Waals surface area contributed by atoms with E-state index in [9.17, 15) is 14.4 Å². The number of anilines is 1. The van der Waals surface area contributed by atoms with Crippen LogP contribution in [0.15, 0.2) is 48.0 Å². The van der Waals surface area contributed by atoms with E-state index in [1.807, 2.05) is 26.0 Å². The van der Waals surface area contributed by atoms with Crippen molar-refractivity contribution in [1.82, 2.24) is 5.43 Å². The number of esters is 1. The fourth-order valence-corrected chi connectivity index (χ4v) is 2.68. The lowest BCUT2D eigenvalue weighted by Crippen LogP contribution is -2.35. The second-order valence-electron chi connectivity index (χ2n) is 5.99. The van der Waals surface area contributed by atoms with Crippen molar-refractivity contribution in [2.24, 2.45) is 0 Å². The van der Waals surface area contributed by atoms with E-state index in [2.05, 4.69) is 5.43 Å². The minimum absolute atomic E-state index is 0.0421. The van der Waals surface area contributed by atoms with E-state index in [-0.39, 0.29) is 11.1 Å². The Hall–Kier alpha value is -3.41. The summed E-state index contributed by atoms with van der Waals surface area (Å²) in [5.41, 5.74) is 5.93. The number of methoxy groups -OCH3 is 1. The zero-order chi connectivity index (χ0) is 18.8. The van der Waals surface area contributed by atoms with Crippen LogP contribution in [0.25, 0.3) is 6.08 Å². The van der Waals surface area contributed by atoms with E-state index < -0.39 is 17.8 Å². The Balaban J connectivity index is 1.99. The molecule has 0 bridgehead atoms. The second kappa shape index (κ2) is 6.84. The number of hydrazine groups is 1. The van der Waals surface area contributed by atoms with E-state index in [1.165, 1.54) is 18.2 Å². The van der Waals surface area contributed by atoms with Gasteiger partial charge in [0.15, 0.2) is 0 Å². The average molecular weight is 350 g/mol. The van der Waals surface area contributed by atoms with Crippen molar-refractivity contribution >= 4 is 29.5 Å². The maximum Gasteiger partial charge on any atom is 0.338 e. The molecule has 0 atom stereocenters. The molecule has 6 nitrogen and oxygen atoms in total. The predicted octanol–water partition coefficient (Wildman–Crippen LogP) is 2.55. The number of hydrogen-bond donors (Lipinski definition) is 1. The third kappa shape index (κ3) is 3.09. The summed E-state index contributed by atoms with van der Waals surface area (Å²) in [6.45, 7) is 3.91. The normalized spacial score (nSPS) is 15.3. The molecule has 132 valence electrons. The van der Waals surface area contributed by atoms with Gasteiger partial charge < -0.3 is 4.74 Å². The lowest BCUT2D eigenvalue weighted by molar-refractivity contribution is -0.117. The molecule has 2 aromatic rings. The molecular weight excluding hydrogens is 332 g/mol. The van der Waals surface area contributed by atoms with E-state index in [4.69, 9.17) is 4.74 Å². The number of ether oxygens (including phenoxy) is 1. The van der Waals surface area contributed by atoms with Gasteiger partial charge in [-0.3, -0.25) is 15.0 Å². The summed E-state index contributed by atoms with van der Waals surface area (Å²) in [5.74, 6) is -1.53. The molecular formula is C20H18N2O4. The Kier molecular flexibility index (Phi) is 4.58. The highest BCUT2D eigenvalue weighted by atomic mass is 16.5. The van der Waals surface area contributed by atoms with Crippen LogP contribution in [0, 0.1) is 13.8 Å². The van der Waals surface area contributed by atoms with Gasteiger partial charge in [-0.15, -0.1) is 0 Å².